The Morgan fingerprint density at radius 2 is 1.89 bits per heavy atom. The van der Waals surface area contributed by atoms with E-state index >= 15 is 0 Å². The van der Waals surface area contributed by atoms with Crippen molar-refractivity contribution in [2.24, 2.45) is 0 Å². The van der Waals surface area contributed by atoms with Crippen LogP contribution in [0.1, 0.15) is 11.1 Å². The summed E-state index contributed by atoms with van der Waals surface area (Å²) in [6.45, 7) is 1.83. The van der Waals surface area contributed by atoms with Crippen LogP contribution < -0.4 is 10.2 Å². The van der Waals surface area contributed by atoms with Crippen molar-refractivity contribution in [3.05, 3.63) is 59.4 Å². The molecule has 2 aromatic rings. The van der Waals surface area contributed by atoms with E-state index in [0.717, 1.165) is 0 Å². The Hall–Kier alpha value is -1.85. The van der Waals surface area contributed by atoms with Gasteiger partial charge in [-0.15, -0.1) is 0 Å². The predicted molar refractivity (Wildman–Crippen MR) is 71.7 cm³/mol. The van der Waals surface area contributed by atoms with E-state index in [2.05, 4.69) is 0 Å². The summed E-state index contributed by atoms with van der Waals surface area (Å²) >= 11 is 0. The fourth-order valence-corrected chi connectivity index (χ4v) is 1.74. The number of aryl methyl sites for hydroxylation is 1. The summed E-state index contributed by atoms with van der Waals surface area (Å²) in [5.41, 5.74) is 1.59. The van der Waals surface area contributed by atoms with E-state index in [1.165, 1.54) is 6.07 Å². The number of ether oxygens (including phenoxy) is 1. The molecule has 0 radical (unpaired) electrons. The van der Waals surface area contributed by atoms with Gasteiger partial charge < -0.3 is 14.8 Å². The second-order valence-corrected chi connectivity index (χ2v) is 4.27. The average Bonchev–Trinajstić information content (AvgIpc) is 2.40. The monoisotopic (exact) mass is 260 g/mol. The lowest BCUT2D eigenvalue weighted by Gasteiger charge is -2.11. The molecular formula is C14H14BFO3. The zero-order valence-electron chi connectivity index (χ0n) is 10.5. The number of rotatable bonds is 4. The lowest BCUT2D eigenvalue weighted by atomic mass is 9.77. The van der Waals surface area contributed by atoms with E-state index < -0.39 is 7.12 Å². The minimum absolute atomic E-state index is 0.149. The van der Waals surface area contributed by atoms with Crippen LogP contribution in [-0.2, 0) is 6.61 Å². The minimum Gasteiger partial charge on any atom is -0.489 e. The Labute approximate surface area is 111 Å². The molecule has 0 aromatic heterocycles. The Morgan fingerprint density at radius 1 is 1.16 bits per heavy atom. The maximum absolute atomic E-state index is 13.4. The van der Waals surface area contributed by atoms with E-state index in [1.54, 1.807) is 43.3 Å². The van der Waals surface area contributed by atoms with Crippen LogP contribution in [0.15, 0.2) is 42.5 Å². The lowest BCUT2D eigenvalue weighted by molar-refractivity contribution is 0.304. The molecule has 2 rings (SSSR count). The minimum atomic E-state index is -1.55. The van der Waals surface area contributed by atoms with Gasteiger partial charge in [-0.05, 0) is 29.6 Å². The van der Waals surface area contributed by atoms with E-state index in [9.17, 15) is 14.4 Å². The summed E-state index contributed by atoms with van der Waals surface area (Å²) in [5.74, 6) is 0.0818. The molecule has 0 atom stereocenters. The Bertz CT molecular complexity index is 572. The van der Waals surface area contributed by atoms with Gasteiger partial charge in [0.15, 0.2) is 0 Å². The Kier molecular flexibility index (Phi) is 4.19. The van der Waals surface area contributed by atoms with Crippen LogP contribution in [-0.4, -0.2) is 17.2 Å². The molecule has 0 aliphatic rings. The van der Waals surface area contributed by atoms with Gasteiger partial charge in [0.1, 0.15) is 18.2 Å². The number of hydrogen-bond donors (Lipinski definition) is 2. The predicted octanol–water partition coefficient (Wildman–Crippen LogP) is 1.39. The van der Waals surface area contributed by atoms with Crippen molar-refractivity contribution in [2.45, 2.75) is 13.5 Å². The fourth-order valence-electron chi connectivity index (χ4n) is 1.74. The summed E-state index contributed by atoms with van der Waals surface area (Å²) in [7, 11) is -1.55. The molecule has 5 heteroatoms. The zero-order chi connectivity index (χ0) is 13.8. The number of halogens is 1. The molecule has 0 amide bonds. The van der Waals surface area contributed by atoms with Gasteiger partial charge in [0.05, 0.1) is 0 Å². The standard InChI is InChI=1S/C14H14BFO3/c1-10-6-7-12(8-14(10)16)19-9-11-4-2-3-5-13(11)15(17)18/h2-8,17-18H,9H2,1H3. The van der Waals surface area contributed by atoms with Crippen LogP contribution in [0, 0.1) is 12.7 Å². The van der Waals surface area contributed by atoms with Crippen LogP contribution in [0.2, 0.25) is 0 Å². The molecule has 0 bridgehead atoms. The highest BCUT2D eigenvalue weighted by atomic mass is 19.1. The van der Waals surface area contributed by atoms with Crippen molar-refractivity contribution >= 4 is 12.6 Å². The van der Waals surface area contributed by atoms with Gasteiger partial charge in [-0.25, -0.2) is 4.39 Å². The summed E-state index contributed by atoms with van der Waals surface area (Å²) in [5, 5.41) is 18.4. The number of hydrogen-bond acceptors (Lipinski definition) is 3. The van der Waals surface area contributed by atoms with Gasteiger partial charge in [-0.3, -0.25) is 0 Å². The molecule has 2 N–H and O–H groups in total. The van der Waals surface area contributed by atoms with Gasteiger partial charge in [-0.2, -0.15) is 0 Å². The molecule has 0 heterocycles. The highest BCUT2D eigenvalue weighted by Gasteiger charge is 2.15. The lowest BCUT2D eigenvalue weighted by Crippen LogP contribution is -2.33. The third-order valence-electron chi connectivity index (χ3n) is 2.87. The first-order valence-corrected chi connectivity index (χ1v) is 5.91. The molecule has 0 aliphatic carbocycles. The molecule has 98 valence electrons. The summed E-state index contributed by atoms with van der Waals surface area (Å²) < 4.78 is 18.8. The molecule has 19 heavy (non-hydrogen) atoms. The highest BCUT2D eigenvalue weighted by molar-refractivity contribution is 6.59. The molecule has 0 aliphatic heterocycles. The Balaban J connectivity index is 2.12. The van der Waals surface area contributed by atoms with Crippen molar-refractivity contribution in [2.75, 3.05) is 0 Å². The third kappa shape index (κ3) is 3.33. The summed E-state index contributed by atoms with van der Waals surface area (Å²) in [6, 6.07) is 11.5. The van der Waals surface area contributed by atoms with E-state index in [1.807, 2.05) is 0 Å². The van der Waals surface area contributed by atoms with Crippen molar-refractivity contribution in [1.29, 1.82) is 0 Å². The highest BCUT2D eigenvalue weighted by Crippen LogP contribution is 2.17. The van der Waals surface area contributed by atoms with E-state index in [0.29, 0.717) is 22.3 Å². The molecule has 0 saturated heterocycles. The van der Waals surface area contributed by atoms with Crippen LogP contribution in [0.5, 0.6) is 5.75 Å². The van der Waals surface area contributed by atoms with Gasteiger partial charge in [0.2, 0.25) is 0 Å². The van der Waals surface area contributed by atoms with Crippen LogP contribution in [0.3, 0.4) is 0 Å². The zero-order valence-corrected chi connectivity index (χ0v) is 10.5. The Morgan fingerprint density at radius 3 is 2.58 bits per heavy atom. The van der Waals surface area contributed by atoms with Crippen molar-refractivity contribution in [1.82, 2.24) is 0 Å². The smallest absolute Gasteiger partial charge is 0.488 e. The number of benzene rings is 2. The SMILES string of the molecule is Cc1ccc(OCc2ccccc2B(O)O)cc1F. The van der Waals surface area contributed by atoms with E-state index in [-0.39, 0.29) is 12.4 Å². The third-order valence-corrected chi connectivity index (χ3v) is 2.87. The molecular weight excluding hydrogens is 246 g/mol. The van der Waals surface area contributed by atoms with Gasteiger partial charge >= 0.3 is 7.12 Å². The molecule has 0 saturated carbocycles. The van der Waals surface area contributed by atoms with Crippen molar-refractivity contribution in [3.8, 4) is 5.75 Å². The second-order valence-electron chi connectivity index (χ2n) is 4.27. The van der Waals surface area contributed by atoms with Crippen LogP contribution in [0.25, 0.3) is 0 Å². The average molecular weight is 260 g/mol. The maximum atomic E-state index is 13.4. The van der Waals surface area contributed by atoms with Gasteiger partial charge in [0, 0.05) is 6.07 Å². The first kappa shape index (κ1) is 13.6. The van der Waals surface area contributed by atoms with Gasteiger partial charge in [0.25, 0.3) is 0 Å². The molecule has 2 aromatic carbocycles. The topological polar surface area (TPSA) is 49.7 Å². The molecule has 0 fully saturated rings. The fraction of sp³-hybridized carbons (Fsp3) is 0.143. The second kappa shape index (κ2) is 5.86. The largest absolute Gasteiger partial charge is 0.489 e. The van der Waals surface area contributed by atoms with E-state index in [4.69, 9.17) is 4.74 Å². The van der Waals surface area contributed by atoms with Gasteiger partial charge in [-0.1, -0.05) is 30.3 Å². The summed E-state index contributed by atoms with van der Waals surface area (Å²) in [4.78, 5) is 0. The summed E-state index contributed by atoms with van der Waals surface area (Å²) in [6.07, 6.45) is 0. The normalized spacial score (nSPS) is 10.3. The first-order valence-electron chi connectivity index (χ1n) is 5.91. The van der Waals surface area contributed by atoms with Crippen LogP contribution in [0.4, 0.5) is 4.39 Å². The van der Waals surface area contributed by atoms with Crippen LogP contribution >= 0.6 is 0 Å². The van der Waals surface area contributed by atoms with Crippen molar-refractivity contribution in [3.63, 3.8) is 0 Å². The van der Waals surface area contributed by atoms with Crippen molar-refractivity contribution < 1.29 is 19.2 Å². The first-order chi connectivity index (χ1) is 9.08. The molecule has 0 unspecified atom stereocenters. The molecule has 3 nitrogen and oxygen atoms in total. The molecule has 0 spiro atoms. The maximum Gasteiger partial charge on any atom is 0.488 e. The quantitative estimate of drug-likeness (QED) is 0.817.